The number of benzene rings is 1. The highest BCUT2D eigenvalue weighted by atomic mass is 16.5. The number of ether oxygens (including phenoxy) is 1. The maximum Gasteiger partial charge on any atom is 0.322 e. The summed E-state index contributed by atoms with van der Waals surface area (Å²) < 4.78 is 5.85. The van der Waals surface area contributed by atoms with Crippen LogP contribution in [0.5, 0.6) is 5.75 Å². The third-order valence-electron chi connectivity index (χ3n) is 3.59. The number of carbonyl (C=O) groups is 2. The van der Waals surface area contributed by atoms with Crippen molar-refractivity contribution < 1.29 is 14.3 Å². The first-order chi connectivity index (χ1) is 9.36. The largest absolute Gasteiger partial charge is 0.487 e. The summed E-state index contributed by atoms with van der Waals surface area (Å²) in [5, 5.41) is 14.0. The van der Waals surface area contributed by atoms with Crippen molar-refractivity contribution >= 4 is 11.9 Å². The maximum atomic E-state index is 12.3. The number of hydrogen-bond donors (Lipinski definition) is 2. The van der Waals surface area contributed by atoms with Crippen molar-refractivity contribution in [1.82, 2.24) is 10.6 Å². The molecule has 1 aromatic carbocycles. The van der Waals surface area contributed by atoms with Gasteiger partial charge in [0.15, 0.2) is 5.54 Å². The molecule has 3 rings (SSSR count). The second-order valence-electron chi connectivity index (χ2n) is 5.67. The lowest BCUT2D eigenvalue weighted by atomic mass is 9.77. The van der Waals surface area contributed by atoms with E-state index in [0.717, 1.165) is 0 Å². The molecule has 1 atom stereocenters. The first-order valence-electron chi connectivity index (χ1n) is 6.24. The molecule has 2 aliphatic rings. The highest BCUT2D eigenvalue weighted by molar-refractivity contribution is 6.08. The molecule has 6 heteroatoms. The van der Waals surface area contributed by atoms with E-state index in [-0.39, 0.29) is 0 Å². The van der Waals surface area contributed by atoms with Crippen LogP contribution in [-0.4, -0.2) is 17.5 Å². The Labute approximate surface area is 115 Å². The predicted octanol–water partition coefficient (Wildman–Crippen LogP) is 1.15. The van der Waals surface area contributed by atoms with Crippen LogP contribution in [0.3, 0.4) is 0 Å². The summed E-state index contributed by atoms with van der Waals surface area (Å²) >= 11 is 0. The lowest BCUT2D eigenvalue weighted by Gasteiger charge is -2.42. The van der Waals surface area contributed by atoms with E-state index < -0.39 is 23.1 Å². The van der Waals surface area contributed by atoms with E-state index >= 15 is 0 Å². The summed E-state index contributed by atoms with van der Waals surface area (Å²) in [6.07, 6.45) is 0.305. The Morgan fingerprint density at radius 3 is 2.70 bits per heavy atom. The summed E-state index contributed by atoms with van der Waals surface area (Å²) in [4.78, 5) is 23.8. The quantitative estimate of drug-likeness (QED) is 0.692. The van der Waals surface area contributed by atoms with Crippen molar-refractivity contribution in [2.45, 2.75) is 31.4 Å². The Bertz CT molecular complexity index is 675. The van der Waals surface area contributed by atoms with E-state index in [1.807, 2.05) is 19.9 Å². The number of nitriles is 1. The molecule has 1 aromatic rings. The Morgan fingerprint density at radius 2 is 2.10 bits per heavy atom. The smallest absolute Gasteiger partial charge is 0.322 e. The fourth-order valence-corrected chi connectivity index (χ4v) is 2.90. The molecule has 2 N–H and O–H groups in total. The Kier molecular flexibility index (Phi) is 2.33. The molecule has 1 saturated heterocycles. The van der Waals surface area contributed by atoms with Crippen LogP contribution < -0.4 is 15.4 Å². The van der Waals surface area contributed by atoms with E-state index in [1.54, 1.807) is 18.2 Å². The van der Waals surface area contributed by atoms with Gasteiger partial charge in [0, 0.05) is 12.0 Å². The van der Waals surface area contributed by atoms with Gasteiger partial charge in [0.05, 0.1) is 11.6 Å². The van der Waals surface area contributed by atoms with E-state index in [2.05, 4.69) is 10.6 Å². The van der Waals surface area contributed by atoms with Gasteiger partial charge in [-0.2, -0.15) is 5.26 Å². The van der Waals surface area contributed by atoms with Crippen molar-refractivity contribution in [3.8, 4) is 11.8 Å². The SMILES string of the molecule is CC1(C)CC2(NC(=O)NC2=O)c2cc(C#N)ccc2O1. The van der Waals surface area contributed by atoms with Crippen LogP contribution in [0.4, 0.5) is 4.79 Å². The number of carbonyl (C=O) groups excluding carboxylic acids is 2. The van der Waals surface area contributed by atoms with Crippen LogP contribution in [0.1, 0.15) is 31.4 Å². The summed E-state index contributed by atoms with van der Waals surface area (Å²) in [5.74, 6) is 0.104. The molecule has 1 spiro atoms. The summed E-state index contributed by atoms with van der Waals surface area (Å²) in [7, 11) is 0. The fourth-order valence-electron chi connectivity index (χ4n) is 2.90. The summed E-state index contributed by atoms with van der Waals surface area (Å²) in [6, 6.07) is 6.39. The predicted molar refractivity (Wildman–Crippen MR) is 68.8 cm³/mol. The minimum Gasteiger partial charge on any atom is -0.487 e. The molecular formula is C14H13N3O3. The number of nitrogens with zero attached hydrogens (tertiary/aromatic N) is 1. The standard InChI is InChI=1S/C14H13N3O3/c1-13(2)7-14(11(18)16-12(19)17-14)9-5-8(6-15)3-4-10(9)20-13/h3-5H,7H2,1-2H3,(H2,16,17,18,19). The summed E-state index contributed by atoms with van der Waals surface area (Å²) in [5.41, 5.74) is -0.823. The number of hydrogen-bond acceptors (Lipinski definition) is 4. The Morgan fingerprint density at radius 1 is 1.35 bits per heavy atom. The third-order valence-corrected chi connectivity index (χ3v) is 3.59. The number of fused-ring (bicyclic) bond motifs is 2. The first-order valence-corrected chi connectivity index (χ1v) is 6.24. The van der Waals surface area contributed by atoms with Gasteiger partial charge in [0.25, 0.3) is 5.91 Å². The van der Waals surface area contributed by atoms with E-state index in [0.29, 0.717) is 23.3 Å². The molecule has 0 radical (unpaired) electrons. The monoisotopic (exact) mass is 271 g/mol. The maximum absolute atomic E-state index is 12.3. The van der Waals surface area contributed by atoms with Gasteiger partial charge in [-0.25, -0.2) is 4.79 Å². The third kappa shape index (κ3) is 1.63. The van der Waals surface area contributed by atoms with Crippen LogP contribution in [0.15, 0.2) is 18.2 Å². The molecule has 102 valence electrons. The van der Waals surface area contributed by atoms with Crippen molar-refractivity contribution in [1.29, 1.82) is 5.26 Å². The molecule has 2 aliphatic heterocycles. The molecule has 2 heterocycles. The number of imide groups is 1. The Hall–Kier alpha value is -2.55. The normalized spacial score (nSPS) is 26.2. The van der Waals surface area contributed by atoms with E-state index in [1.165, 1.54) is 0 Å². The minimum atomic E-state index is -1.17. The van der Waals surface area contributed by atoms with Gasteiger partial charge in [-0.05, 0) is 32.0 Å². The molecule has 1 unspecified atom stereocenters. The molecule has 0 bridgehead atoms. The molecule has 20 heavy (non-hydrogen) atoms. The molecule has 0 aromatic heterocycles. The highest BCUT2D eigenvalue weighted by Gasteiger charge is 2.55. The zero-order valence-corrected chi connectivity index (χ0v) is 11.1. The first kappa shape index (κ1) is 12.5. The van der Waals surface area contributed by atoms with E-state index in [4.69, 9.17) is 10.00 Å². The van der Waals surface area contributed by atoms with Gasteiger partial charge >= 0.3 is 6.03 Å². The van der Waals surface area contributed by atoms with Crippen molar-refractivity contribution in [3.63, 3.8) is 0 Å². The second kappa shape index (κ2) is 3.73. The number of urea groups is 1. The van der Waals surface area contributed by atoms with Gasteiger partial charge in [0.1, 0.15) is 11.4 Å². The van der Waals surface area contributed by atoms with Gasteiger partial charge in [-0.1, -0.05) is 0 Å². The van der Waals surface area contributed by atoms with Gasteiger partial charge < -0.3 is 10.1 Å². The Balaban J connectivity index is 2.24. The zero-order chi connectivity index (χ0) is 14.5. The minimum absolute atomic E-state index is 0.305. The average molecular weight is 271 g/mol. The number of amides is 3. The molecular weight excluding hydrogens is 258 g/mol. The highest BCUT2D eigenvalue weighted by Crippen LogP contribution is 2.45. The van der Waals surface area contributed by atoms with Crippen molar-refractivity contribution in [2.75, 3.05) is 0 Å². The van der Waals surface area contributed by atoms with E-state index in [9.17, 15) is 9.59 Å². The molecule has 1 fully saturated rings. The van der Waals surface area contributed by atoms with Crippen molar-refractivity contribution in [2.24, 2.45) is 0 Å². The van der Waals surface area contributed by atoms with Gasteiger partial charge in [-0.15, -0.1) is 0 Å². The van der Waals surface area contributed by atoms with Gasteiger partial charge in [0.2, 0.25) is 0 Å². The van der Waals surface area contributed by atoms with Crippen molar-refractivity contribution in [3.05, 3.63) is 29.3 Å². The molecule has 6 nitrogen and oxygen atoms in total. The summed E-state index contributed by atoms with van der Waals surface area (Å²) in [6.45, 7) is 3.71. The topological polar surface area (TPSA) is 91.2 Å². The van der Waals surface area contributed by atoms with Crippen LogP contribution in [0, 0.1) is 11.3 Å². The molecule has 0 saturated carbocycles. The number of rotatable bonds is 0. The second-order valence-corrected chi connectivity index (χ2v) is 5.67. The number of nitrogens with one attached hydrogen (secondary N) is 2. The van der Waals surface area contributed by atoms with Crippen LogP contribution in [-0.2, 0) is 10.3 Å². The van der Waals surface area contributed by atoms with Crippen LogP contribution in [0.2, 0.25) is 0 Å². The lowest BCUT2D eigenvalue weighted by Crippen LogP contribution is -2.53. The zero-order valence-electron chi connectivity index (χ0n) is 11.1. The van der Waals surface area contributed by atoms with Crippen LogP contribution in [0.25, 0.3) is 0 Å². The molecule has 0 aliphatic carbocycles. The average Bonchev–Trinajstić information content (AvgIpc) is 2.63. The molecule has 3 amide bonds. The van der Waals surface area contributed by atoms with Gasteiger partial charge in [-0.3, -0.25) is 10.1 Å². The lowest BCUT2D eigenvalue weighted by molar-refractivity contribution is -0.127. The van der Waals surface area contributed by atoms with Crippen LogP contribution >= 0.6 is 0 Å². The fraction of sp³-hybridized carbons (Fsp3) is 0.357.